The molecule has 1 unspecified atom stereocenters. The zero-order chi connectivity index (χ0) is 23.3. The minimum absolute atomic E-state index is 0.0324. The first-order chi connectivity index (χ1) is 15.2. The Morgan fingerprint density at radius 1 is 1.09 bits per heavy atom. The monoisotopic (exact) mass is 455 g/mol. The van der Waals surface area contributed by atoms with Gasteiger partial charge in [0.1, 0.15) is 0 Å². The van der Waals surface area contributed by atoms with Crippen LogP contribution in [-0.2, 0) is 19.6 Å². The number of likely N-dealkylation sites (N-methyl/N-ethyl adjacent to an activating group) is 1. The van der Waals surface area contributed by atoms with Crippen molar-refractivity contribution >= 4 is 27.5 Å². The number of aromatic nitrogens is 2. The quantitative estimate of drug-likeness (QED) is 0.541. The fourth-order valence-electron chi connectivity index (χ4n) is 3.10. The molecule has 2 amide bonds. The highest BCUT2D eigenvalue weighted by atomic mass is 32.2. The summed E-state index contributed by atoms with van der Waals surface area (Å²) in [5.41, 5.74) is 2.33. The van der Waals surface area contributed by atoms with Gasteiger partial charge in [-0.1, -0.05) is 12.1 Å². The lowest BCUT2D eigenvalue weighted by Gasteiger charge is -2.20. The molecule has 1 atom stereocenters. The number of imidazole rings is 1. The second-order valence-corrected chi connectivity index (χ2v) is 9.36. The van der Waals surface area contributed by atoms with Crippen LogP contribution in [0, 0.1) is 0 Å². The molecule has 0 saturated heterocycles. The second kappa shape index (κ2) is 9.75. The minimum atomic E-state index is -3.86. The molecule has 0 aliphatic rings. The first kappa shape index (κ1) is 23.2. The predicted molar refractivity (Wildman–Crippen MR) is 121 cm³/mol. The van der Waals surface area contributed by atoms with Crippen molar-refractivity contribution in [1.82, 2.24) is 19.2 Å². The lowest BCUT2D eigenvalue weighted by Crippen LogP contribution is -2.39. The summed E-state index contributed by atoms with van der Waals surface area (Å²) in [6.07, 6.45) is 5.23. The van der Waals surface area contributed by atoms with E-state index in [1.165, 1.54) is 38.2 Å². The number of carbonyl (C=O) groups excluding carboxylic acids is 2. The van der Waals surface area contributed by atoms with Gasteiger partial charge in [0, 0.05) is 37.7 Å². The van der Waals surface area contributed by atoms with Crippen LogP contribution in [0.15, 0.2) is 72.1 Å². The zero-order valence-corrected chi connectivity index (χ0v) is 18.8. The van der Waals surface area contributed by atoms with E-state index < -0.39 is 15.9 Å². The maximum atomic E-state index is 12.8. The number of hydrogen-bond donors (Lipinski definition) is 2. The first-order valence-corrected chi connectivity index (χ1v) is 11.3. The molecule has 0 aliphatic carbocycles. The van der Waals surface area contributed by atoms with Gasteiger partial charge < -0.3 is 15.2 Å². The van der Waals surface area contributed by atoms with Gasteiger partial charge >= 0.3 is 0 Å². The molecular weight excluding hydrogens is 430 g/mol. The summed E-state index contributed by atoms with van der Waals surface area (Å²) < 4.78 is 28.4. The fourth-order valence-corrected chi connectivity index (χ4v) is 4.23. The highest BCUT2D eigenvalue weighted by Gasteiger charge is 2.23. The van der Waals surface area contributed by atoms with E-state index in [0.29, 0.717) is 5.69 Å². The average Bonchev–Trinajstić information content (AvgIpc) is 3.28. The summed E-state index contributed by atoms with van der Waals surface area (Å²) in [6.45, 7) is 2.87. The number of rotatable bonds is 8. The third-order valence-corrected chi connectivity index (χ3v) is 6.64. The van der Waals surface area contributed by atoms with E-state index in [-0.39, 0.29) is 23.4 Å². The molecule has 9 nitrogen and oxygen atoms in total. The summed E-state index contributed by atoms with van der Waals surface area (Å²) in [4.78, 5) is 27.6. The van der Waals surface area contributed by atoms with E-state index in [1.54, 1.807) is 12.5 Å². The Hall–Kier alpha value is -3.50. The number of nitrogens with one attached hydrogen (secondary N) is 2. The number of hydrogen-bond acceptors (Lipinski definition) is 5. The van der Waals surface area contributed by atoms with Gasteiger partial charge in [-0.2, -0.15) is 4.31 Å². The first-order valence-electron chi connectivity index (χ1n) is 9.88. The topological polar surface area (TPSA) is 113 Å². The number of sulfonamides is 1. The lowest BCUT2D eigenvalue weighted by atomic mass is 10.1. The van der Waals surface area contributed by atoms with Crippen molar-refractivity contribution in [3.8, 4) is 5.69 Å². The summed E-state index contributed by atoms with van der Waals surface area (Å²) in [5, 5.41) is 5.40. The van der Waals surface area contributed by atoms with Gasteiger partial charge in [0.25, 0.3) is 0 Å². The van der Waals surface area contributed by atoms with Crippen LogP contribution in [-0.4, -0.2) is 47.7 Å². The van der Waals surface area contributed by atoms with E-state index in [2.05, 4.69) is 15.6 Å². The van der Waals surface area contributed by atoms with Crippen molar-refractivity contribution < 1.29 is 18.0 Å². The molecule has 1 heterocycles. The molecule has 0 fully saturated rings. The van der Waals surface area contributed by atoms with Crippen molar-refractivity contribution in [2.45, 2.75) is 24.8 Å². The molecule has 32 heavy (non-hydrogen) atoms. The van der Waals surface area contributed by atoms with Crippen molar-refractivity contribution in [2.75, 3.05) is 18.9 Å². The Morgan fingerprint density at radius 3 is 2.31 bits per heavy atom. The maximum Gasteiger partial charge on any atom is 0.243 e. The zero-order valence-electron chi connectivity index (χ0n) is 18.0. The smallest absolute Gasteiger partial charge is 0.243 e. The van der Waals surface area contributed by atoms with Crippen LogP contribution in [0.5, 0.6) is 0 Å². The van der Waals surface area contributed by atoms with Crippen LogP contribution in [0.2, 0.25) is 0 Å². The van der Waals surface area contributed by atoms with Crippen LogP contribution < -0.4 is 10.6 Å². The molecule has 3 rings (SSSR count). The SMILES string of the molecule is CC(=O)Nc1ccc(S(=O)(=O)N(C)CC(=O)NC(C)c2ccc(-n3ccnc3)cc2)cc1. The van der Waals surface area contributed by atoms with Crippen LogP contribution in [0.1, 0.15) is 25.5 Å². The van der Waals surface area contributed by atoms with E-state index in [0.717, 1.165) is 15.6 Å². The Labute approximate surface area is 187 Å². The average molecular weight is 456 g/mol. The van der Waals surface area contributed by atoms with E-state index in [1.807, 2.05) is 42.0 Å². The van der Waals surface area contributed by atoms with Crippen LogP contribution >= 0.6 is 0 Å². The summed E-state index contributed by atoms with van der Waals surface area (Å²) in [7, 11) is -2.51. The maximum absolute atomic E-state index is 12.8. The molecule has 3 aromatic rings. The Morgan fingerprint density at radius 2 is 1.75 bits per heavy atom. The van der Waals surface area contributed by atoms with Gasteiger partial charge in [-0.15, -0.1) is 0 Å². The minimum Gasteiger partial charge on any atom is -0.348 e. The summed E-state index contributed by atoms with van der Waals surface area (Å²) in [5.74, 6) is -0.669. The normalized spacial score (nSPS) is 12.4. The van der Waals surface area contributed by atoms with Crippen LogP contribution in [0.4, 0.5) is 5.69 Å². The number of nitrogens with zero attached hydrogens (tertiary/aromatic N) is 3. The van der Waals surface area contributed by atoms with Crippen molar-refractivity contribution in [1.29, 1.82) is 0 Å². The molecule has 2 N–H and O–H groups in total. The summed E-state index contributed by atoms with van der Waals surface area (Å²) >= 11 is 0. The standard InChI is InChI=1S/C22H25N5O4S/c1-16(18-4-8-20(9-5-18)27-13-12-23-15-27)24-22(29)14-26(3)32(30,31)21-10-6-19(7-11-21)25-17(2)28/h4-13,15-16H,14H2,1-3H3,(H,24,29)(H,25,28). The van der Waals surface area contributed by atoms with Crippen molar-refractivity contribution in [3.63, 3.8) is 0 Å². The Bertz CT molecular complexity index is 1170. The van der Waals surface area contributed by atoms with Crippen molar-refractivity contribution in [3.05, 3.63) is 72.8 Å². The molecular formula is C22H25N5O4S. The number of carbonyl (C=O) groups is 2. The van der Waals surface area contributed by atoms with E-state index in [4.69, 9.17) is 0 Å². The number of anilines is 1. The molecule has 0 saturated carbocycles. The lowest BCUT2D eigenvalue weighted by molar-refractivity contribution is -0.121. The largest absolute Gasteiger partial charge is 0.348 e. The molecule has 1 aromatic heterocycles. The second-order valence-electron chi connectivity index (χ2n) is 7.32. The van der Waals surface area contributed by atoms with Gasteiger partial charge in [0.15, 0.2) is 0 Å². The van der Waals surface area contributed by atoms with Gasteiger partial charge in [0.05, 0.1) is 23.8 Å². The van der Waals surface area contributed by atoms with Gasteiger partial charge in [-0.3, -0.25) is 9.59 Å². The number of amides is 2. The summed E-state index contributed by atoms with van der Waals surface area (Å²) in [6, 6.07) is 13.1. The molecule has 0 spiro atoms. The third-order valence-electron chi connectivity index (χ3n) is 4.82. The molecule has 0 aliphatic heterocycles. The van der Waals surface area contributed by atoms with Crippen LogP contribution in [0.25, 0.3) is 5.69 Å². The Balaban J connectivity index is 1.60. The van der Waals surface area contributed by atoms with Gasteiger partial charge in [0.2, 0.25) is 21.8 Å². The number of benzene rings is 2. The Kier molecular flexibility index (Phi) is 7.06. The van der Waals surface area contributed by atoms with Gasteiger partial charge in [-0.25, -0.2) is 13.4 Å². The van der Waals surface area contributed by atoms with Gasteiger partial charge in [-0.05, 0) is 48.9 Å². The highest BCUT2D eigenvalue weighted by Crippen LogP contribution is 2.18. The van der Waals surface area contributed by atoms with Crippen LogP contribution in [0.3, 0.4) is 0 Å². The fraction of sp³-hybridized carbons (Fsp3) is 0.227. The third kappa shape index (κ3) is 5.59. The van der Waals surface area contributed by atoms with E-state index >= 15 is 0 Å². The predicted octanol–water partition coefficient (Wildman–Crippen LogP) is 2.33. The molecule has 168 valence electrons. The van der Waals surface area contributed by atoms with Crippen molar-refractivity contribution in [2.24, 2.45) is 0 Å². The molecule has 0 bridgehead atoms. The van der Waals surface area contributed by atoms with E-state index in [9.17, 15) is 18.0 Å². The molecule has 2 aromatic carbocycles. The highest BCUT2D eigenvalue weighted by molar-refractivity contribution is 7.89. The molecule has 0 radical (unpaired) electrons. The molecule has 10 heteroatoms.